The Hall–Kier alpha value is -2.11. The number of amides is 4. The minimum absolute atomic E-state index is 0.192. The Morgan fingerprint density at radius 3 is 2.64 bits per heavy atom. The summed E-state index contributed by atoms with van der Waals surface area (Å²) in [6.07, 6.45) is 2.93. The van der Waals surface area contributed by atoms with Gasteiger partial charge in [-0.15, -0.1) is 0 Å². The van der Waals surface area contributed by atoms with E-state index in [1.54, 1.807) is 17.0 Å². The number of imide groups is 1. The highest BCUT2D eigenvalue weighted by molar-refractivity contribution is 5.95. The molecule has 1 atom stereocenters. The molecule has 6 heteroatoms. The number of carbonyl (C=O) groups excluding carboxylic acids is 2. The summed E-state index contributed by atoms with van der Waals surface area (Å²) in [5.41, 5.74) is 1.05. The van der Waals surface area contributed by atoms with Crippen molar-refractivity contribution in [2.75, 3.05) is 26.2 Å². The van der Waals surface area contributed by atoms with Crippen LogP contribution in [0.4, 0.5) is 14.0 Å². The predicted molar refractivity (Wildman–Crippen MR) is 80.1 cm³/mol. The second-order valence-corrected chi connectivity index (χ2v) is 5.86. The van der Waals surface area contributed by atoms with Crippen LogP contribution in [-0.4, -0.2) is 48.0 Å². The lowest BCUT2D eigenvalue weighted by Gasteiger charge is -2.27. The Morgan fingerprint density at radius 1 is 1.18 bits per heavy atom. The van der Waals surface area contributed by atoms with E-state index in [2.05, 4.69) is 5.32 Å². The molecule has 1 N–H and O–H groups in total. The molecule has 0 aromatic heterocycles. The molecule has 0 unspecified atom stereocenters. The lowest BCUT2D eigenvalue weighted by Crippen LogP contribution is -2.45. The van der Waals surface area contributed by atoms with Crippen LogP contribution in [0.25, 0.3) is 0 Å². The average molecular weight is 305 g/mol. The summed E-state index contributed by atoms with van der Waals surface area (Å²) >= 11 is 0. The van der Waals surface area contributed by atoms with E-state index in [1.165, 1.54) is 17.0 Å². The maximum Gasteiger partial charge on any atom is 0.328 e. The second-order valence-electron chi connectivity index (χ2n) is 5.86. The Morgan fingerprint density at radius 2 is 1.95 bits per heavy atom. The van der Waals surface area contributed by atoms with Crippen molar-refractivity contribution >= 4 is 12.1 Å². The molecule has 0 aliphatic carbocycles. The molecule has 3 rings (SSSR count). The summed E-state index contributed by atoms with van der Waals surface area (Å²) in [7, 11) is 0. The molecule has 4 amide bonds. The van der Waals surface area contributed by atoms with E-state index >= 15 is 0 Å². The molecule has 1 aromatic carbocycles. The van der Waals surface area contributed by atoms with Gasteiger partial charge >= 0.3 is 12.1 Å². The van der Waals surface area contributed by atoms with Gasteiger partial charge in [-0.3, -0.25) is 0 Å². The Kier molecular flexibility index (Phi) is 4.27. The number of nitrogens with one attached hydrogen (secondary N) is 1. The SMILES string of the molecule is O=C1NCCN1C(=O)N1CCCC[C@@H](c2ccc(F)cc2)C1. The van der Waals surface area contributed by atoms with Crippen LogP contribution in [0.15, 0.2) is 24.3 Å². The molecule has 2 saturated heterocycles. The van der Waals surface area contributed by atoms with Crippen LogP contribution >= 0.6 is 0 Å². The number of hydrogen-bond donors (Lipinski definition) is 1. The maximum atomic E-state index is 13.1. The summed E-state index contributed by atoms with van der Waals surface area (Å²) < 4.78 is 13.1. The van der Waals surface area contributed by atoms with Crippen LogP contribution in [0.1, 0.15) is 30.7 Å². The van der Waals surface area contributed by atoms with Crippen molar-refractivity contribution in [3.8, 4) is 0 Å². The molecule has 2 fully saturated rings. The van der Waals surface area contributed by atoms with Gasteiger partial charge in [0.05, 0.1) is 0 Å². The molecular weight excluding hydrogens is 285 g/mol. The van der Waals surface area contributed by atoms with Crippen LogP contribution in [0.3, 0.4) is 0 Å². The minimum atomic E-state index is -0.312. The van der Waals surface area contributed by atoms with Gasteiger partial charge in [0.25, 0.3) is 0 Å². The van der Waals surface area contributed by atoms with Gasteiger partial charge in [-0.25, -0.2) is 18.9 Å². The standard InChI is InChI=1S/C16H20FN3O2/c17-14-6-4-12(5-7-14)13-3-1-2-9-19(11-13)16(22)20-10-8-18-15(20)21/h4-7,13H,1-3,8-11H2,(H,18,21)/t13-/m1/s1. The van der Waals surface area contributed by atoms with E-state index < -0.39 is 0 Å². The van der Waals surface area contributed by atoms with Gasteiger partial charge in [-0.2, -0.15) is 0 Å². The lowest BCUT2D eigenvalue weighted by atomic mass is 9.94. The Labute approximate surface area is 129 Å². The number of hydrogen-bond acceptors (Lipinski definition) is 2. The largest absolute Gasteiger partial charge is 0.336 e. The molecule has 0 spiro atoms. The molecule has 1 aromatic rings. The fourth-order valence-electron chi connectivity index (χ4n) is 3.15. The summed E-state index contributed by atoms with van der Waals surface area (Å²) in [6.45, 7) is 2.18. The zero-order valence-corrected chi connectivity index (χ0v) is 12.4. The average Bonchev–Trinajstić information content (AvgIpc) is 2.80. The van der Waals surface area contributed by atoms with Gasteiger partial charge in [0.2, 0.25) is 0 Å². The molecule has 2 aliphatic heterocycles. The molecule has 5 nitrogen and oxygen atoms in total. The van der Waals surface area contributed by atoms with Crippen LogP contribution in [0.2, 0.25) is 0 Å². The number of carbonyl (C=O) groups is 2. The number of benzene rings is 1. The van der Waals surface area contributed by atoms with E-state index in [0.717, 1.165) is 24.8 Å². The monoisotopic (exact) mass is 305 g/mol. The lowest BCUT2D eigenvalue weighted by molar-refractivity contribution is 0.163. The first-order valence-corrected chi connectivity index (χ1v) is 7.75. The molecule has 118 valence electrons. The zero-order valence-electron chi connectivity index (χ0n) is 12.4. The fourth-order valence-corrected chi connectivity index (χ4v) is 3.15. The van der Waals surface area contributed by atoms with Gasteiger partial charge in [-0.05, 0) is 30.5 Å². The van der Waals surface area contributed by atoms with E-state index in [4.69, 9.17) is 0 Å². The molecule has 0 saturated carbocycles. The Balaban J connectivity index is 1.73. The van der Waals surface area contributed by atoms with E-state index in [0.29, 0.717) is 26.2 Å². The van der Waals surface area contributed by atoms with Crippen molar-refractivity contribution in [3.63, 3.8) is 0 Å². The zero-order chi connectivity index (χ0) is 15.5. The van der Waals surface area contributed by atoms with Crippen molar-refractivity contribution < 1.29 is 14.0 Å². The third-order valence-electron chi connectivity index (χ3n) is 4.37. The van der Waals surface area contributed by atoms with Crippen LogP contribution in [0, 0.1) is 5.82 Å². The molecule has 2 aliphatic rings. The predicted octanol–water partition coefficient (Wildman–Crippen LogP) is 2.54. The minimum Gasteiger partial charge on any atom is -0.336 e. The number of likely N-dealkylation sites (tertiary alicyclic amines) is 1. The van der Waals surface area contributed by atoms with Crippen molar-refractivity contribution in [2.24, 2.45) is 0 Å². The molecule has 2 heterocycles. The Bertz CT molecular complexity index is 561. The van der Waals surface area contributed by atoms with Gasteiger partial charge in [0, 0.05) is 32.1 Å². The fraction of sp³-hybridized carbons (Fsp3) is 0.500. The maximum absolute atomic E-state index is 13.1. The highest BCUT2D eigenvalue weighted by atomic mass is 19.1. The molecular formula is C16H20FN3O2. The van der Waals surface area contributed by atoms with Crippen molar-refractivity contribution in [1.29, 1.82) is 0 Å². The molecule has 22 heavy (non-hydrogen) atoms. The number of halogens is 1. The van der Waals surface area contributed by atoms with E-state index in [1.807, 2.05) is 0 Å². The van der Waals surface area contributed by atoms with Crippen LogP contribution in [-0.2, 0) is 0 Å². The highest BCUT2D eigenvalue weighted by Crippen LogP contribution is 2.27. The summed E-state index contributed by atoms with van der Waals surface area (Å²) in [5.74, 6) is -0.0586. The first-order chi connectivity index (χ1) is 10.6. The smallest absolute Gasteiger partial charge is 0.328 e. The topological polar surface area (TPSA) is 52.7 Å². The van der Waals surface area contributed by atoms with Gasteiger partial charge in [0.1, 0.15) is 5.82 Å². The summed E-state index contributed by atoms with van der Waals surface area (Å²) in [4.78, 5) is 27.2. The van der Waals surface area contributed by atoms with Gasteiger partial charge < -0.3 is 10.2 Å². The first kappa shape index (κ1) is 14.8. The number of nitrogens with zero attached hydrogens (tertiary/aromatic N) is 2. The third-order valence-corrected chi connectivity index (χ3v) is 4.37. The number of rotatable bonds is 1. The van der Waals surface area contributed by atoms with E-state index in [-0.39, 0.29) is 23.8 Å². The molecule has 0 bridgehead atoms. The van der Waals surface area contributed by atoms with Crippen molar-refractivity contribution in [2.45, 2.75) is 25.2 Å². The summed E-state index contributed by atoms with van der Waals surface area (Å²) in [6, 6.07) is 5.96. The second kappa shape index (κ2) is 6.34. The van der Waals surface area contributed by atoms with Crippen LogP contribution < -0.4 is 5.32 Å². The van der Waals surface area contributed by atoms with E-state index in [9.17, 15) is 14.0 Å². The van der Waals surface area contributed by atoms with Crippen molar-refractivity contribution in [3.05, 3.63) is 35.6 Å². The van der Waals surface area contributed by atoms with Gasteiger partial charge in [-0.1, -0.05) is 18.6 Å². The quantitative estimate of drug-likeness (QED) is 0.867. The van der Waals surface area contributed by atoms with Crippen LogP contribution in [0.5, 0.6) is 0 Å². The van der Waals surface area contributed by atoms with Gasteiger partial charge in [0.15, 0.2) is 0 Å². The normalized spacial score (nSPS) is 22.4. The first-order valence-electron chi connectivity index (χ1n) is 7.75. The summed E-state index contributed by atoms with van der Waals surface area (Å²) in [5, 5.41) is 2.65. The highest BCUT2D eigenvalue weighted by Gasteiger charge is 2.32. The molecule has 0 radical (unpaired) electrons. The number of urea groups is 2. The third kappa shape index (κ3) is 3.05. The van der Waals surface area contributed by atoms with Crippen molar-refractivity contribution in [1.82, 2.24) is 15.1 Å².